The topological polar surface area (TPSA) is 47.6 Å². The molecule has 0 aromatic heterocycles. The smallest absolute Gasteiger partial charge is 0.191 e. The van der Waals surface area contributed by atoms with Crippen molar-refractivity contribution in [2.75, 3.05) is 14.2 Å². The third kappa shape index (κ3) is 3.53. The number of carbonyl (C=O) groups is 1. The van der Waals surface area contributed by atoms with Crippen molar-refractivity contribution in [1.29, 1.82) is 0 Å². The van der Waals surface area contributed by atoms with Crippen LogP contribution in [-0.4, -0.2) is 25.5 Å². The largest absolute Gasteiger partial charge is 0.497 e. The highest BCUT2D eigenvalue weighted by atomic mass is 16.5. The molecule has 0 aliphatic carbocycles. The summed E-state index contributed by atoms with van der Waals surface area (Å²) in [7, 11) is 3.21. The number of carbonyl (C=O) groups excluding carboxylic acids is 1. The lowest BCUT2D eigenvalue weighted by Gasteiger charge is -2.35. The number of methoxy groups -OCH3 is 2. The summed E-state index contributed by atoms with van der Waals surface area (Å²) in [4.78, 5) is 12.8. The van der Waals surface area contributed by atoms with Crippen LogP contribution in [0.1, 0.15) is 35.3 Å². The van der Waals surface area contributed by atoms with Gasteiger partial charge in [-0.15, -0.1) is 0 Å². The SMILES string of the molecule is COc1ccc2c(c1)C(=CC(=O)c1ccccc1OC)NC(C)(C)C2. The van der Waals surface area contributed by atoms with Crippen LogP contribution in [0, 0.1) is 0 Å². The molecule has 0 saturated heterocycles. The maximum atomic E-state index is 12.8. The second-order valence-corrected chi connectivity index (χ2v) is 6.83. The molecule has 0 bridgehead atoms. The number of hydrogen-bond acceptors (Lipinski definition) is 4. The third-order valence-electron chi connectivity index (χ3n) is 4.36. The van der Waals surface area contributed by atoms with Crippen LogP contribution >= 0.6 is 0 Å². The zero-order valence-electron chi connectivity index (χ0n) is 15.1. The average molecular weight is 337 g/mol. The monoisotopic (exact) mass is 337 g/mol. The Kier molecular flexibility index (Phi) is 4.53. The van der Waals surface area contributed by atoms with Crippen LogP contribution in [0.3, 0.4) is 0 Å². The summed E-state index contributed by atoms with van der Waals surface area (Å²) in [5.74, 6) is 1.26. The molecule has 0 spiro atoms. The molecule has 4 heteroatoms. The predicted octanol–water partition coefficient (Wildman–Crippen LogP) is 3.85. The number of ketones is 1. The maximum absolute atomic E-state index is 12.8. The molecule has 2 aromatic carbocycles. The Morgan fingerprint density at radius 2 is 1.88 bits per heavy atom. The van der Waals surface area contributed by atoms with E-state index in [1.807, 2.05) is 24.3 Å². The van der Waals surface area contributed by atoms with Gasteiger partial charge >= 0.3 is 0 Å². The number of hydrogen-bond donors (Lipinski definition) is 1. The van der Waals surface area contributed by atoms with Gasteiger partial charge in [-0.25, -0.2) is 0 Å². The Bertz CT molecular complexity index is 837. The summed E-state index contributed by atoms with van der Waals surface area (Å²) in [6, 6.07) is 13.3. The molecule has 0 saturated carbocycles. The number of fused-ring (bicyclic) bond motifs is 1. The first-order valence-electron chi connectivity index (χ1n) is 8.28. The van der Waals surface area contributed by atoms with Gasteiger partial charge in [0.2, 0.25) is 0 Å². The van der Waals surface area contributed by atoms with Crippen LogP contribution in [0.4, 0.5) is 0 Å². The Morgan fingerprint density at radius 1 is 1.12 bits per heavy atom. The summed E-state index contributed by atoms with van der Waals surface area (Å²) in [5.41, 5.74) is 3.42. The zero-order chi connectivity index (χ0) is 18.0. The summed E-state index contributed by atoms with van der Waals surface area (Å²) < 4.78 is 10.7. The van der Waals surface area contributed by atoms with Crippen LogP contribution in [0.15, 0.2) is 48.5 Å². The predicted molar refractivity (Wildman–Crippen MR) is 99.2 cm³/mol. The molecule has 0 atom stereocenters. The number of para-hydroxylation sites is 1. The molecular formula is C21H23NO3. The lowest BCUT2D eigenvalue weighted by molar-refractivity contribution is 0.104. The minimum absolute atomic E-state index is 0.0913. The van der Waals surface area contributed by atoms with Crippen LogP contribution < -0.4 is 14.8 Å². The summed E-state index contributed by atoms with van der Waals surface area (Å²) in [6.45, 7) is 4.25. The highest BCUT2D eigenvalue weighted by molar-refractivity contribution is 6.10. The number of allylic oxidation sites excluding steroid dienone is 1. The van der Waals surface area contributed by atoms with Crippen molar-refractivity contribution in [2.45, 2.75) is 25.8 Å². The fourth-order valence-electron chi connectivity index (χ4n) is 3.21. The third-order valence-corrected chi connectivity index (χ3v) is 4.36. The molecule has 1 heterocycles. The molecule has 0 unspecified atom stereocenters. The van der Waals surface area contributed by atoms with Crippen molar-refractivity contribution in [3.63, 3.8) is 0 Å². The molecule has 0 fully saturated rings. The number of benzene rings is 2. The lowest BCUT2D eigenvalue weighted by atomic mass is 9.85. The van der Waals surface area contributed by atoms with E-state index < -0.39 is 0 Å². The van der Waals surface area contributed by atoms with E-state index in [-0.39, 0.29) is 11.3 Å². The second-order valence-electron chi connectivity index (χ2n) is 6.83. The Morgan fingerprint density at radius 3 is 2.60 bits per heavy atom. The minimum Gasteiger partial charge on any atom is -0.497 e. The molecule has 25 heavy (non-hydrogen) atoms. The van der Waals surface area contributed by atoms with Crippen molar-refractivity contribution in [2.24, 2.45) is 0 Å². The molecule has 0 amide bonds. The van der Waals surface area contributed by atoms with E-state index in [4.69, 9.17) is 9.47 Å². The van der Waals surface area contributed by atoms with Gasteiger partial charge in [-0.1, -0.05) is 18.2 Å². The summed E-state index contributed by atoms with van der Waals surface area (Å²) in [6.07, 6.45) is 2.53. The lowest BCUT2D eigenvalue weighted by Crippen LogP contribution is -2.43. The fourth-order valence-corrected chi connectivity index (χ4v) is 3.21. The summed E-state index contributed by atoms with van der Waals surface area (Å²) in [5, 5.41) is 3.48. The van der Waals surface area contributed by atoms with Crippen LogP contribution in [0.5, 0.6) is 11.5 Å². The second kappa shape index (κ2) is 6.63. The summed E-state index contributed by atoms with van der Waals surface area (Å²) >= 11 is 0. The highest BCUT2D eigenvalue weighted by Crippen LogP contribution is 2.32. The van der Waals surface area contributed by atoms with Gasteiger partial charge < -0.3 is 14.8 Å². The first-order valence-corrected chi connectivity index (χ1v) is 8.28. The van der Waals surface area contributed by atoms with Crippen LogP contribution in [0.2, 0.25) is 0 Å². The Labute approximate surface area is 148 Å². The molecule has 3 rings (SSSR count). The van der Waals surface area contributed by atoms with Gasteiger partial charge in [-0.2, -0.15) is 0 Å². The molecule has 2 aromatic rings. The van der Waals surface area contributed by atoms with E-state index in [9.17, 15) is 4.79 Å². The van der Waals surface area contributed by atoms with E-state index in [0.717, 1.165) is 23.4 Å². The molecule has 1 N–H and O–H groups in total. The number of ether oxygens (including phenoxy) is 2. The van der Waals surface area contributed by atoms with Crippen molar-refractivity contribution in [1.82, 2.24) is 5.32 Å². The molecular weight excluding hydrogens is 314 g/mol. The first-order chi connectivity index (χ1) is 11.9. The van der Waals surface area contributed by atoms with E-state index in [1.54, 1.807) is 32.4 Å². The van der Waals surface area contributed by atoms with Gasteiger partial charge in [0.15, 0.2) is 5.78 Å². The van der Waals surface area contributed by atoms with Gasteiger partial charge in [0.05, 0.1) is 19.8 Å². The molecule has 1 aliphatic heterocycles. The quantitative estimate of drug-likeness (QED) is 0.680. The number of nitrogens with one attached hydrogen (secondary N) is 1. The Hall–Kier alpha value is -2.75. The highest BCUT2D eigenvalue weighted by Gasteiger charge is 2.28. The van der Waals surface area contributed by atoms with Gasteiger partial charge in [-0.3, -0.25) is 4.79 Å². The zero-order valence-corrected chi connectivity index (χ0v) is 15.1. The average Bonchev–Trinajstić information content (AvgIpc) is 2.60. The first kappa shape index (κ1) is 17.1. The van der Waals surface area contributed by atoms with Crippen molar-refractivity contribution in [3.8, 4) is 11.5 Å². The minimum atomic E-state index is -0.130. The van der Waals surface area contributed by atoms with Crippen molar-refractivity contribution >= 4 is 11.5 Å². The molecule has 1 aliphatic rings. The molecule has 0 radical (unpaired) electrons. The van der Waals surface area contributed by atoms with Crippen LogP contribution in [-0.2, 0) is 6.42 Å². The van der Waals surface area contributed by atoms with Crippen LogP contribution in [0.25, 0.3) is 5.70 Å². The molecule has 4 nitrogen and oxygen atoms in total. The van der Waals surface area contributed by atoms with Gasteiger partial charge in [0.1, 0.15) is 11.5 Å². The van der Waals surface area contributed by atoms with E-state index in [0.29, 0.717) is 11.3 Å². The van der Waals surface area contributed by atoms with Gasteiger partial charge in [0, 0.05) is 22.9 Å². The Balaban J connectivity index is 2.06. The van der Waals surface area contributed by atoms with Gasteiger partial charge in [-0.05, 0) is 50.1 Å². The number of rotatable bonds is 4. The van der Waals surface area contributed by atoms with Crippen molar-refractivity contribution in [3.05, 3.63) is 65.2 Å². The molecule has 130 valence electrons. The normalized spacial score (nSPS) is 16.7. The van der Waals surface area contributed by atoms with E-state index in [2.05, 4.69) is 25.2 Å². The van der Waals surface area contributed by atoms with Gasteiger partial charge in [0.25, 0.3) is 0 Å². The van der Waals surface area contributed by atoms with E-state index >= 15 is 0 Å². The van der Waals surface area contributed by atoms with E-state index in [1.165, 1.54) is 5.56 Å². The fraction of sp³-hybridized carbons (Fsp3) is 0.286. The standard InChI is InChI=1S/C21H23NO3/c1-21(2)13-14-9-10-15(24-3)11-17(14)18(22-21)12-19(23)16-7-5-6-8-20(16)25-4/h5-12,22H,13H2,1-4H3. The van der Waals surface area contributed by atoms with Crippen molar-refractivity contribution < 1.29 is 14.3 Å². The maximum Gasteiger partial charge on any atom is 0.191 e.